The fourth-order valence-corrected chi connectivity index (χ4v) is 2.95. The zero-order chi connectivity index (χ0) is 19.6. The number of benzene rings is 2. The van der Waals surface area contributed by atoms with E-state index in [1.807, 2.05) is 48.3 Å². The van der Waals surface area contributed by atoms with Gasteiger partial charge in [0.25, 0.3) is 5.91 Å². The molecule has 0 aliphatic rings. The highest BCUT2D eigenvalue weighted by Crippen LogP contribution is 2.13. The van der Waals surface area contributed by atoms with Gasteiger partial charge in [-0.05, 0) is 35.9 Å². The molecule has 2 rings (SSSR count). The van der Waals surface area contributed by atoms with Crippen LogP contribution in [0.15, 0.2) is 58.0 Å². The first-order valence-electron chi connectivity index (χ1n) is 8.62. The Morgan fingerprint density at radius 2 is 1.85 bits per heavy atom. The molecular weight excluding hydrogens is 408 g/mol. The van der Waals surface area contributed by atoms with Gasteiger partial charge in [0, 0.05) is 43.8 Å². The van der Waals surface area contributed by atoms with E-state index in [1.165, 1.54) is 0 Å². The molecule has 0 saturated heterocycles. The van der Waals surface area contributed by atoms with Gasteiger partial charge in [-0.3, -0.25) is 9.79 Å². The minimum Gasteiger partial charge on any atom is -0.497 e. The van der Waals surface area contributed by atoms with E-state index in [1.54, 1.807) is 26.3 Å². The highest BCUT2D eigenvalue weighted by atomic mass is 79.9. The Hall–Kier alpha value is -2.54. The number of hydrogen-bond acceptors (Lipinski definition) is 3. The molecule has 0 unspecified atom stereocenters. The number of rotatable bonds is 7. The number of halogens is 1. The lowest BCUT2D eigenvalue weighted by molar-refractivity contribution is 0.0954. The van der Waals surface area contributed by atoms with Crippen molar-refractivity contribution in [3.63, 3.8) is 0 Å². The third-order valence-corrected chi connectivity index (χ3v) is 4.43. The molecule has 0 bridgehead atoms. The Morgan fingerprint density at radius 3 is 2.48 bits per heavy atom. The molecule has 6 nitrogen and oxygen atoms in total. The van der Waals surface area contributed by atoms with E-state index in [9.17, 15) is 4.79 Å². The van der Waals surface area contributed by atoms with E-state index in [-0.39, 0.29) is 5.91 Å². The van der Waals surface area contributed by atoms with Crippen molar-refractivity contribution in [2.45, 2.75) is 6.54 Å². The Kier molecular flexibility index (Phi) is 8.13. The second-order valence-electron chi connectivity index (χ2n) is 5.94. The van der Waals surface area contributed by atoms with E-state index in [0.717, 1.165) is 21.7 Å². The van der Waals surface area contributed by atoms with Crippen LogP contribution in [0, 0.1) is 0 Å². The molecule has 2 N–H and O–H groups in total. The fraction of sp³-hybridized carbons (Fsp3) is 0.300. The maximum atomic E-state index is 12.1. The van der Waals surface area contributed by atoms with Crippen LogP contribution < -0.4 is 15.4 Å². The molecule has 1 amide bonds. The van der Waals surface area contributed by atoms with Gasteiger partial charge < -0.3 is 20.3 Å². The summed E-state index contributed by atoms with van der Waals surface area (Å²) >= 11 is 3.37. The largest absolute Gasteiger partial charge is 0.497 e. The summed E-state index contributed by atoms with van der Waals surface area (Å²) in [6, 6.07) is 15.3. The lowest BCUT2D eigenvalue weighted by Crippen LogP contribution is -2.42. The van der Waals surface area contributed by atoms with Gasteiger partial charge in [0.2, 0.25) is 0 Å². The van der Waals surface area contributed by atoms with E-state index in [2.05, 4.69) is 31.6 Å². The maximum absolute atomic E-state index is 12.1. The zero-order valence-corrected chi connectivity index (χ0v) is 17.4. The van der Waals surface area contributed by atoms with Gasteiger partial charge in [-0.1, -0.05) is 34.1 Å². The molecule has 144 valence electrons. The predicted molar refractivity (Wildman–Crippen MR) is 112 cm³/mol. The average Bonchev–Trinajstić information content (AvgIpc) is 2.68. The maximum Gasteiger partial charge on any atom is 0.251 e. The van der Waals surface area contributed by atoms with Gasteiger partial charge in [-0.2, -0.15) is 0 Å². The van der Waals surface area contributed by atoms with Crippen molar-refractivity contribution >= 4 is 27.8 Å². The molecule has 27 heavy (non-hydrogen) atoms. The van der Waals surface area contributed by atoms with Crippen molar-refractivity contribution in [2.75, 3.05) is 34.3 Å². The molecule has 7 heteroatoms. The number of methoxy groups -OCH3 is 1. The van der Waals surface area contributed by atoms with Crippen LogP contribution in [0.2, 0.25) is 0 Å². The molecule has 0 saturated carbocycles. The smallest absolute Gasteiger partial charge is 0.251 e. The lowest BCUT2D eigenvalue weighted by atomic mass is 10.2. The Bertz CT molecular complexity index is 778. The molecule has 0 spiro atoms. The van der Waals surface area contributed by atoms with E-state index in [4.69, 9.17) is 4.74 Å². The summed E-state index contributed by atoms with van der Waals surface area (Å²) < 4.78 is 6.06. The lowest BCUT2D eigenvalue weighted by Gasteiger charge is -2.22. The summed E-state index contributed by atoms with van der Waals surface area (Å²) in [5, 5.41) is 6.15. The van der Waals surface area contributed by atoms with E-state index in [0.29, 0.717) is 25.2 Å². The number of carbonyl (C=O) groups excluding carboxylic acids is 1. The molecule has 0 aliphatic carbocycles. The van der Waals surface area contributed by atoms with E-state index >= 15 is 0 Å². The monoisotopic (exact) mass is 432 g/mol. The summed E-state index contributed by atoms with van der Waals surface area (Å²) in [5.74, 6) is 1.51. The van der Waals surface area contributed by atoms with Crippen molar-refractivity contribution in [2.24, 2.45) is 4.99 Å². The molecule has 0 heterocycles. The quantitative estimate of drug-likeness (QED) is 0.401. The minimum absolute atomic E-state index is 0.0975. The van der Waals surface area contributed by atoms with Gasteiger partial charge in [0.15, 0.2) is 5.96 Å². The molecule has 0 atom stereocenters. The first-order valence-corrected chi connectivity index (χ1v) is 9.41. The third-order valence-electron chi connectivity index (χ3n) is 3.93. The molecule has 2 aromatic rings. The third kappa shape index (κ3) is 6.60. The summed E-state index contributed by atoms with van der Waals surface area (Å²) in [7, 11) is 5.37. The Morgan fingerprint density at radius 1 is 1.15 bits per heavy atom. The standard InChI is InChI=1S/C20H25BrN4O2/c1-22-20(25(2)14-15-7-9-18(27-3)10-8-15)24-12-11-23-19(26)16-5-4-6-17(21)13-16/h4-10,13H,11-12,14H2,1-3H3,(H,22,24)(H,23,26). The number of carbonyl (C=O) groups is 1. The Balaban J connectivity index is 1.78. The van der Waals surface area contributed by atoms with Crippen LogP contribution in [0.4, 0.5) is 0 Å². The van der Waals surface area contributed by atoms with Crippen molar-refractivity contribution in [1.29, 1.82) is 0 Å². The molecule has 0 aliphatic heterocycles. The first-order chi connectivity index (χ1) is 13.0. The Labute approximate surface area is 168 Å². The topological polar surface area (TPSA) is 66.0 Å². The summed E-state index contributed by atoms with van der Waals surface area (Å²) in [5.41, 5.74) is 1.79. The second-order valence-corrected chi connectivity index (χ2v) is 6.86. The van der Waals surface area contributed by atoms with Gasteiger partial charge in [0.05, 0.1) is 7.11 Å². The van der Waals surface area contributed by atoms with Crippen molar-refractivity contribution in [1.82, 2.24) is 15.5 Å². The normalized spacial score (nSPS) is 11.0. The number of hydrogen-bond donors (Lipinski definition) is 2. The number of nitrogens with zero attached hydrogens (tertiary/aromatic N) is 2. The van der Waals surface area contributed by atoms with Crippen molar-refractivity contribution in [3.8, 4) is 5.75 Å². The SMILES string of the molecule is CN=C(NCCNC(=O)c1cccc(Br)c1)N(C)Cc1ccc(OC)cc1. The van der Waals surface area contributed by atoms with Crippen LogP contribution in [-0.2, 0) is 6.54 Å². The number of nitrogens with one attached hydrogen (secondary N) is 2. The van der Waals surface area contributed by atoms with Crippen LogP contribution in [0.1, 0.15) is 15.9 Å². The first kappa shape index (κ1) is 20.8. The molecular formula is C20H25BrN4O2. The second kappa shape index (κ2) is 10.6. The average molecular weight is 433 g/mol. The predicted octanol–water partition coefficient (Wildman–Crippen LogP) is 2.89. The number of aliphatic imine (C=N–C) groups is 1. The zero-order valence-electron chi connectivity index (χ0n) is 15.8. The van der Waals surface area contributed by atoms with Gasteiger partial charge in [-0.25, -0.2) is 0 Å². The van der Waals surface area contributed by atoms with Crippen molar-refractivity contribution < 1.29 is 9.53 Å². The number of guanidine groups is 1. The highest BCUT2D eigenvalue weighted by Gasteiger charge is 2.08. The van der Waals surface area contributed by atoms with Gasteiger partial charge in [0.1, 0.15) is 5.75 Å². The van der Waals surface area contributed by atoms with Gasteiger partial charge in [-0.15, -0.1) is 0 Å². The van der Waals surface area contributed by atoms with Crippen LogP contribution in [0.5, 0.6) is 5.75 Å². The summed E-state index contributed by atoms with van der Waals surface area (Å²) in [6.07, 6.45) is 0. The molecule has 0 aromatic heterocycles. The van der Waals surface area contributed by atoms with Crippen LogP contribution in [0.3, 0.4) is 0 Å². The molecule has 0 fully saturated rings. The minimum atomic E-state index is -0.0975. The van der Waals surface area contributed by atoms with Crippen LogP contribution in [-0.4, -0.2) is 51.1 Å². The van der Waals surface area contributed by atoms with Gasteiger partial charge >= 0.3 is 0 Å². The van der Waals surface area contributed by atoms with Crippen LogP contribution in [0.25, 0.3) is 0 Å². The van der Waals surface area contributed by atoms with Crippen LogP contribution >= 0.6 is 15.9 Å². The number of ether oxygens (including phenoxy) is 1. The molecule has 0 radical (unpaired) electrons. The number of amides is 1. The van der Waals surface area contributed by atoms with E-state index < -0.39 is 0 Å². The molecule has 2 aromatic carbocycles. The van der Waals surface area contributed by atoms with Crippen molar-refractivity contribution in [3.05, 3.63) is 64.1 Å². The fourth-order valence-electron chi connectivity index (χ4n) is 2.55. The highest BCUT2D eigenvalue weighted by molar-refractivity contribution is 9.10. The summed E-state index contributed by atoms with van der Waals surface area (Å²) in [6.45, 7) is 1.80. The summed E-state index contributed by atoms with van der Waals surface area (Å²) in [4.78, 5) is 18.4.